The van der Waals surface area contributed by atoms with E-state index in [1.807, 2.05) is 19.1 Å². The highest BCUT2D eigenvalue weighted by atomic mass is 19.1. The summed E-state index contributed by atoms with van der Waals surface area (Å²) >= 11 is 0. The standard InChI is InChI=1S/C26H25FN6O2/c1-3-15-5-6-16-19-12-29-26(28-11-18-17-9-10-35-22(17)8-7-20(18)27)33-14-30-23(24(19)33)25(34)32(4-2)13-21(16)31-15/h5-8,12,14H,3-4,9-11,13H2,1-2H3,(H,28,29). The maximum atomic E-state index is 14.7. The summed E-state index contributed by atoms with van der Waals surface area (Å²) < 4.78 is 22.0. The number of carbonyl (C=O) groups excluding carboxylic acids is 1. The number of amides is 1. The number of aromatic nitrogens is 4. The fourth-order valence-electron chi connectivity index (χ4n) is 4.94. The van der Waals surface area contributed by atoms with Gasteiger partial charge in [0.1, 0.15) is 17.9 Å². The third kappa shape index (κ3) is 3.41. The Labute approximate surface area is 201 Å². The highest BCUT2D eigenvalue weighted by Gasteiger charge is 2.28. The lowest BCUT2D eigenvalue weighted by Crippen LogP contribution is -2.32. The first kappa shape index (κ1) is 21.5. The number of hydrogen-bond donors (Lipinski definition) is 1. The molecule has 35 heavy (non-hydrogen) atoms. The summed E-state index contributed by atoms with van der Waals surface area (Å²) in [7, 11) is 0. The van der Waals surface area contributed by atoms with Gasteiger partial charge in [-0.1, -0.05) is 13.0 Å². The first-order valence-corrected chi connectivity index (χ1v) is 11.9. The number of imidazole rings is 1. The van der Waals surface area contributed by atoms with E-state index in [1.54, 1.807) is 27.9 Å². The molecule has 0 fully saturated rings. The molecular weight excluding hydrogens is 447 g/mol. The quantitative estimate of drug-likeness (QED) is 0.472. The zero-order chi connectivity index (χ0) is 24.1. The lowest BCUT2D eigenvalue weighted by atomic mass is 10.0. The van der Waals surface area contributed by atoms with Crippen molar-refractivity contribution in [2.24, 2.45) is 0 Å². The zero-order valence-electron chi connectivity index (χ0n) is 19.6. The molecule has 5 heterocycles. The van der Waals surface area contributed by atoms with Crippen molar-refractivity contribution in [3.05, 3.63) is 70.8 Å². The third-order valence-electron chi connectivity index (χ3n) is 6.83. The molecule has 0 unspecified atom stereocenters. The van der Waals surface area contributed by atoms with Crippen LogP contribution in [0.4, 0.5) is 10.3 Å². The fraction of sp³-hybridized carbons (Fsp3) is 0.308. The zero-order valence-corrected chi connectivity index (χ0v) is 19.6. The van der Waals surface area contributed by atoms with Gasteiger partial charge in [0.15, 0.2) is 5.69 Å². The Morgan fingerprint density at radius 2 is 2.03 bits per heavy atom. The van der Waals surface area contributed by atoms with Crippen molar-refractivity contribution >= 4 is 17.4 Å². The van der Waals surface area contributed by atoms with Crippen LogP contribution < -0.4 is 10.1 Å². The number of ether oxygens (including phenoxy) is 1. The summed E-state index contributed by atoms with van der Waals surface area (Å²) in [4.78, 5) is 29.1. The minimum Gasteiger partial charge on any atom is -0.493 e. The number of nitrogens with one attached hydrogen (secondary N) is 1. The van der Waals surface area contributed by atoms with E-state index in [2.05, 4.69) is 22.2 Å². The topological polar surface area (TPSA) is 84.7 Å². The Morgan fingerprint density at radius 1 is 1.14 bits per heavy atom. The van der Waals surface area contributed by atoms with Crippen LogP contribution in [0.15, 0.2) is 36.8 Å². The molecule has 0 saturated heterocycles. The molecule has 3 aromatic heterocycles. The molecule has 0 spiro atoms. The van der Waals surface area contributed by atoms with Crippen LogP contribution in [-0.2, 0) is 25.9 Å². The van der Waals surface area contributed by atoms with Gasteiger partial charge in [0.25, 0.3) is 5.91 Å². The molecular formula is C26H25FN6O2. The number of halogens is 1. The van der Waals surface area contributed by atoms with Crippen LogP contribution in [0, 0.1) is 5.82 Å². The van der Waals surface area contributed by atoms with Gasteiger partial charge in [0.2, 0.25) is 5.95 Å². The molecule has 0 saturated carbocycles. The molecule has 0 atom stereocenters. The molecule has 1 N–H and O–H groups in total. The summed E-state index contributed by atoms with van der Waals surface area (Å²) in [5.41, 5.74) is 6.04. The third-order valence-corrected chi connectivity index (χ3v) is 6.83. The summed E-state index contributed by atoms with van der Waals surface area (Å²) in [6.07, 6.45) is 4.83. The fourth-order valence-corrected chi connectivity index (χ4v) is 4.94. The minimum absolute atomic E-state index is 0.146. The molecule has 2 aliphatic heterocycles. The SMILES string of the molecule is CCc1ccc2c(n1)CN(CC)C(=O)c1ncn3c(NCc4c(F)ccc5c4CCO5)ncc-2c13. The second-order valence-corrected chi connectivity index (χ2v) is 8.73. The number of nitrogens with zero attached hydrogens (tertiary/aromatic N) is 5. The van der Waals surface area contributed by atoms with Crippen molar-refractivity contribution in [2.75, 3.05) is 18.5 Å². The molecule has 8 nitrogen and oxygen atoms in total. The van der Waals surface area contributed by atoms with Crippen molar-refractivity contribution in [1.82, 2.24) is 24.3 Å². The summed E-state index contributed by atoms with van der Waals surface area (Å²) in [5.74, 6) is 0.779. The summed E-state index contributed by atoms with van der Waals surface area (Å²) in [5, 5.41) is 3.26. The van der Waals surface area contributed by atoms with Gasteiger partial charge in [0, 0.05) is 53.7 Å². The van der Waals surface area contributed by atoms with Crippen molar-refractivity contribution in [3.63, 3.8) is 0 Å². The largest absolute Gasteiger partial charge is 0.493 e. The van der Waals surface area contributed by atoms with E-state index < -0.39 is 0 Å². The molecule has 9 heteroatoms. The van der Waals surface area contributed by atoms with E-state index in [0.29, 0.717) is 48.8 Å². The summed E-state index contributed by atoms with van der Waals surface area (Å²) in [6, 6.07) is 7.17. The lowest BCUT2D eigenvalue weighted by Gasteiger charge is -2.24. The average Bonchev–Trinajstić information content (AvgIpc) is 3.53. The van der Waals surface area contributed by atoms with Crippen LogP contribution in [-0.4, -0.2) is 43.3 Å². The number of pyridine rings is 1. The summed E-state index contributed by atoms with van der Waals surface area (Å²) in [6.45, 7) is 5.76. The maximum absolute atomic E-state index is 14.7. The van der Waals surface area contributed by atoms with E-state index in [4.69, 9.17) is 9.72 Å². The number of aryl methyl sites for hydroxylation is 1. The molecule has 0 bridgehead atoms. The molecule has 6 rings (SSSR count). The first-order valence-electron chi connectivity index (χ1n) is 11.9. The highest BCUT2D eigenvalue weighted by molar-refractivity contribution is 6.04. The van der Waals surface area contributed by atoms with Crippen LogP contribution in [0.3, 0.4) is 0 Å². The molecule has 0 radical (unpaired) electrons. The second kappa shape index (κ2) is 8.33. The van der Waals surface area contributed by atoms with Gasteiger partial charge in [-0.3, -0.25) is 14.2 Å². The van der Waals surface area contributed by atoms with Gasteiger partial charge < -0.3 is 15.0 Å². The smallest absolute Gasteiger partial charge is 0.275 e. The molecule has 4 aromatic rings. The van der Waals surface area contributed by atoms with Crippen LogP contribution in [0.5, 0.6) is 5.75 Å². The number of fused-ring (bicyclic) bond motifs is 3. The van der Waals surface area contributed by atoms with Crippen molar-refractivity contribution in [1.29, 1.82) is 0 Å². The number of rotatable bonds is 5. The first-order chi connectivity index (χ1) is 17.1. The van der Waals surface area contributed by atoms with Crippen LogP contribution in [0.2, 0.25) is 0 Å². The molecule has 1 aromatic carbocycles. The number of hydrogen-bond acceptors (Lipinski definition) is 6. The van der Waals surface area contributed by atoms with Crippen molar-refractivity contribution < 1.29 is 13.9 Å². The Hall–Kier alpha value is -4.01. The predicted molar refractivity (Wildman–Crippen MR) is 129 cm³/mol. The van der Waals surface area contributed by atoms with Gasteiger partial charge in [-0.05, 0) is 31.5 Å². The number of benzene rings is 1. The Balaban J connectivity index is 1.47. The molecule has 0 aliphatic carbocycles. The van der Waals surface area contributed by atoms with Gasteiger partial charge in [-0.2, -0.15) is 0 Å². The molecule has 1 amide bonds. The molecule has 2 aliphatic rings. The van der Waals surface area contributed by atoms with Gasteiger partial charge >= 0.3 is 0 Å². The second-order valence-electron chi connectivity index (χ2n) is 8.73. The average molecular weight is 473 g/mol. The van der Waals surface area contributed by atoms with E-state index in [9.17, 15) is 9.18 Å². The van der Waals surface area contributed by atoms with Gasteiger partial charge in [-0.15, -0.1) is 0 Å². The lowest BCUT2D eigenvalue weighted by molar-refractivity contribution is 0.0747. The maximum Gasteiger partial charge on any atom is 0.275 e. The highest BCUT2D eigenvalue weighted by Crippen LogP contribution is 2.35. The van der Waals surface area contributed by atoms with E-state index in [1.165, 1.54) is 6.07 Å². The Bertz CT molecular complexity index is 1480. The van der Waals surface area contributed by atoms with Crippen molar-refractivity contribution in [2.45, 2.75) is 39.8 Å². The molecule has 178 valence electrons. The van der Waals surface area contributed by atoms with Gasteiger partial charge in [-0.25, -0.2) is 14.4 Å². The van der Waals surface area contributed by atoms with Crippen LogP contribution in [0.25, 0.3) is 16.6 Å². The Kier molecular flexibility index (Phi) is 5.12. The van der Waals surface area contributed by atoms with E-state index in [0.717, 1.165) is 40.2 Å². The monoisotopic (exact) mass is 472 g/mol. The Morgan fingerprint density at radius 3 is 2.86 bits per heavy atom. The minimum atomic E-state index is -0.282. The van der Waals surface area contributed by atoms with Gasteiger partial charge in [0.05, 0.1) is 24.4 Å². The predicted octanol–water partition coefficient (Wildman–Crippen LogP) is 4.02. The van der Waals surface area contributed by atoms with Crippen LogP contribution >= 0.6 is 0 Å². The van der Waals surface area contributed by atoms with Crippen LogP contribution in [0.1, 0.15) is 46.9 Å². The number of anilines is 1. The number of carbonyl (C=O) groups is 1. The van der Waals surface area contributed by atoms with E-state index >= 15 is 0 Å². The normalized spacial score (nSPS) is 14.4. The van der Waals surface area contributed by atoms with Crippen molar-refractivity contribution in [3.8, 4) is 16.9 Å². The van der Waals surface area contributed by atoms with E-state index in [-0.39, 0.29) is 18.3 Å².